The van der Waals surface area contributed by atoms with Crippen LogP contribution in [0, 0.1) is 0 Å². The minimum Gasteiger partial charge on any atom is -0.385 e. The Bertz CT molecular complexity index is 116. The van der Waals surface area contributed by atoms with E-state index in [1.807, 2.05) is 0 Å². The normalized spacial score (nSPS) is 16.4. The number of rotatable bonds is 4. The highest BCUT2D eigenvalue weighted by molar-refractivity contribution is 5.80. The molecule has 0 saturated carbocycles. The number of aliphatic hydroxyl groups is 1. The third-order valence-corrected chi connectivity index (χ3v) is 1.30. The molecule has 0 saturated heterocycles. The van der Waals surface area contributed by atoms with E-state index in [1.54, 1.807) is 0 Å². The molecule has 0 aromatic rings. The first-order valence-corrected chi connectivity index (χ1v) is 3.22. The molecule has 5 N–H and O–H groups in total. The van der Waals surface area contributed by atoms with Gasteiger partial charge >= 0.3 is 0 Å². The van der Waals surface area contributed by atoms with Crippen molar-refractivity contribution in [1.29, 1.82) is 0 Å². The number of nitrogens with two attached hydrogens (primary N) is 2. The van der Waals surface area contributed by atoms with Gasteiger partial charge < -0.3 is 16.6 Å². The fourth-order valence-corrected chi connectivity index (χ4v) is 0.549. The van der Waals surface area contributed by atoms with E-state index in [1.165, 1.54) is 6.92 Å². The Labute approximate surface area is 60.2 Å². The summed E-state index contributed by atoms with van der Waals surface area (Å²) in [6, 6.07) is -0.279. The zero-order valence-corrected chi connectivity index (χ0v) is 6.08. The van der Waals surface area contributed by atoms with Crippen molar-refractivity contribution in [3.05, 3.63) is 0 Å². The number of aliphatic hydroxyl groups excluding tert-OH is 1. The van der Waals surface area contributed by atoms with E-state index in [0.717, 1.165) is 0 Å². The predicted molar refractivity (Wildman–Crippen MR) is 38.3 cm³/mol. The largest absolute Gasteiger partial charge is 0.385 e. The van der Waals surface area contributed by atoms with Crippen molar-refractivity contribution in [3.63, 3.8) is 0 Å². The highest BCUT2D eigenvalue weighted by atomic mass is 16.3. The molecule has 0 rings (SSSR count). The Morgan fingerprint density at radius 1 is 1.70 bits per heavy atom. The van der Waals surface area contributed by atoms with Crippen LogP contribution in [0.2, 0.25) is 0 Å². The predicted octanol–water partition coefficient (Wildman–Crippen LogP) is -1.39. The molecule has 4 nitrogen and oxygen atoms in total. The standard InChI is InChI=1S/C6H14N2O2/c1-4(9)6(10)2-5(8)3-7/h5-6,10H,2-3,7-8H2,1H3. The number of hydrogen-bond acceptors (Lipinski definition) is 4. The molecular formula is C6H14N2O2. The molecule has 0 aliphatic rings. The maximum atomic E-state index is 10.4. The summed E-state index contributed by atoms with van der Waals surface area (Å²) in [5, 5.41) is 8.94. The molecule has 2 unspecified atom stereocenters. The van der Waals surface area contributed by atoms with Crippen molar-refractivity contribution in [3.8, 4) is 0 Å². The van der Waals surface area contributed by atoms with Crippen LogP contribution in [-0.2, 0) is 4.79 Å². The quantitative estimate of drug-likeness (QED) is 0.455. The summed E-state index contributed by atoms with van der Waals surface area (Å²) >= 11 is 0. The summed E-state index contributed by atoms with van der Waals surface area (Å²) in [5.74, 6) is -0.260. The molecule has 10 heavy (non-hydrogen) atoms. The Morgan fingerprint density at radius 2 is 2.20 bits per heavy atom. The molecule has 0 aromatic carbocycles. The molecule has 2 atom stereocenters. The zero-order chi connectivity index (χ0) is 8.15. The van der Waals surface area contributed by atoms with Crippen molar-refractivity contribution < 1.29 is 9.90 Å². The molecule has 0 radical (unpaired) electrons. The Morgan fingerprint density at radius 3 is 2.50 bits per heavy atom. The Balaban J connectivity index is 3.56. The lowest BCUT2D eigenvalue weighted by molar-refractivity contribution is -0.125. The van der Waals surface area contributed by atoms with Crippen LogP contribution in [0.5, 0.6) is 0 Å². The summed E-state index contributed by atoms with van der Waals surface area (Å²) in [5.41, 5.74) is 10.5. The van der Waals surface area contributed by atoms with Gasteiger partial charge in [-0.1, -0.05) is 0 Å². The second kappa shape index (κ2) is 4.38. The number of carbonyl (C=O) groups excluding carboxylic acids is 1. The van der Waals surface area contributed by atoms with Crippen LogP contribution < -0.4 is 11.5 Å². The maximum Gasteiger partial charge on any atom is 0.158 e. The highest BCUT2D eigenvalue weighted by Gasteiger charge is 2.12. The van der Waals surface area contributed by atoms with Gasteiger partial charge in [-0.25, -0.2) is 0 Å². The molecule has 60 valence electrons. The smallest absolute Gasteiger partial charge is 0.158 e. The van der Waals surface area contributed by atoms with E-state index in [-0.39, 0.29) is 18.2 Å². The van der Waals surface area contributed by atoms with E-state index in [4.69, 9.17) is 16.6 Å². The average molecular weight is 146 g/mol. The molecular weight excluding hydrogens is 132 g/mol. The lowest BCUT2D eigenvalue weighted by Gasteiger charge is -2.11. The van der Waals surface area contributed by atoms with E-state index in [2.05, 4.69) is 0 Å². The molecule has 0 amide bonds. The fraction of sp³-hybridized carbons (Fsp3) is 0.833. The molecule has 0 aliphatic carbocycles. The van der Waals surface area contributed by atoms with Gasteiger partial charge in [0.2, 0.25) is 0 Å². The van der Waals surface area contributed by atoms with Gasteiger partial charge in [-0.3, -0.25) is 4.79 Å². The summed E-state index contributed by atoms with van der Waals surface area (Å²) in [6.07, 6.45) is -0.690. The van der Waals surface area contributed by atoms with Crippen LogP contribution in [0.25, 0.3) is 0 Å². The lowest BCUT2D eigenvalue weighted by Crippen LogP contribution is -2.35. The van der Waals surface area contributed by atoms with Crippen molar-refractivity contribution in [2.24, 2.45) is 11.5 Å². The van der Waals surface area contributed by atoms with Crippen LogP contribution in [0.3, 0.4) is 0 Å². The number of ketones is 1. The summed E-state index contributed by atoms with van der Waals surface area (Å²) in [4.78, 5) is 10.4. The first-order valence-electron chi connectivity index (χ1n) is 3.22. The van der Waals surface area contributed by atoms with Gasteiger partial charge in [0.25, 0.3) is 0 Å². The number of Topliss-reactive ketones (excluding diaryl/α,β-unsaturated/α-hetero) is 1. The third kappa shape index (κ3) is 3.55. The fourth-order valence-electron chi connectivity index (χ4n) is 0.549. The van der Waals surface area contributed by atoms with Gasteiger partial charge in [0, 0.05) is 12.6 Å². The maximum absolute atomic E-state index is 10.4. The van der Waals surface area contributed by atoms with Crippen molar-refractivity contribution >= 4 is 5.78 Å². The monoisotopic (exact) mass is 146 g/mol. The molecule has 4 heteroatoms. The van der Waals surface area contributed by atoms with E-state index < -0.39 is 6.10 Å². The van der Waals surface area contributed by atoms with Gasteiger partial charge in [0.15, 0.2) is 5.78 Å². The molecule has 0 aromatic heterocycles. The van der Waals surface area contributed by atoms with Gasteiger partial charge in [-0.15, -0.1) is 0 Å². The molecule has 0 aliphatic heterocycles. The van der Waals surface area contributed by atoms with Crippen LogP contribution in [0.1, 0.15) is 13.3 Å². The van der Waals surface area contributed by atoms with E-state index >= 15 is 0 Å². The van der Waals surface area contributed by atoms with Gasteiger partial charge in [-0.2, -0.15) is 0 Å². The van der Waals surface area contributed by atoms with Gasteiger partial charge in [-0.05, 0) is 13.3 Å². The van der Waals surface area contributed by atoms with Crippen LogP contribution >= 0.6 is 0 Å². The van der Waals surface area contributed by atoms with E-state index in [9.17, 15) is 4.79 Å². The zero-order valence-electron chi connectivity index (χ0n) is 6.08. The van der Waals surface area contributed by atoms with E-state index in [0.29, 0.717) is 6.54 Å². The van der Waals surface area contributed by atoms with Crippen molar-refractivity contribution in [1.82, 2.24) is 0 Å². The second-order valence-corrected chi connectivity index (χ2v) is 2.36. The van der Waals surface area contributed by atoms with Crippen molar-refractivity contribution in [2.75, 3.05) is 6.54 Å². The minimum atomic E-state index is -0.946. The SMILES string of the molecule is CC(=O)C(O)CC(N)CN. The lowest BCUT2D eigenvalue weighted by atomic mass is 10.1. The van der Waals surface area contributed by atoms with Gasteiger partial charge in [0.05, 0.1) is 0 Å². The second-order valence-electron chi connectivity index (χ2n) is 2.36. The highest BCUT2D eigenvalue weighted by Crippen LogP contribution is 1.95. The van der Waals surface area contributed by atoms with Gasteiger partial charge in [0.1, 0.15) is 6.10 Å². The van der Waals surface area contributed by atoms with Crippen LogP contribution in [-0.4, -0.2) is 29.6 Å². The Kier molecular flexibility index (Phi) is 4.18. The van der Waals surface area contributed by atoms with Crippen LogP contribution in [0.4, 0.5) is 0 Å². The third-order valence-electron chi connectivity index (χ3n) is 1.30. The summed E-state index contributed by atoms with van der Waals surface area (Å²) < 4.78 is 0. The molecule has 0 fully saturated rings. The molecule has 0 heterocycles. The molecule has 0 bridgehead atoms. The topological polar surface area (TPSA) is 89.3 Å². The average Bonchev–Trinajstić information content (AvgIpc) is 1.87. The first-order chi connectivity index (χ1) is 4.57. The number of carbonyl (C=O) groups is 1. The number of hydrogen-bond donors (Lipinski definition) is 3. The minimum absolute atomic E-state index is 0.256. The first kappa shape index (κ1) is 9.55. The van der Waals surface area contributed by atoms with Crippen molar-refractivity contribution in [2.45, 2.75) is 25.5 Å². The van der Waals surface area contributed by atoms with Crippen LogP contribution in [0.15, 0.2) is 0 Å². The summed E-state index contributed by atoms with van der Waals surface area (Å²) in [6.45, 7) is 1.62. The Hall–Kier alpha value is -0.450. The molecule has 0 spiro atoms. The summed E-state index contributed by atoms with van der Waals surface area (Å²) in [7, 11) is 0.